The SMILES string of the molecule is C#C/C=C(/Cl)c1nc(-c2c(C)[nH]c3c(-c4ccccc4)c(C(F)(F)F)nn3c2=O)oc1C. The molecule has 0 saturated heterocycles. The quantitative estimate of drug-likeness (QED) is 0.428. The zero-order valence-corrected chi connectivity index (χ0v) is 17.5. The normalized spacial score (nSPS) is 12.3. The first-order valence-electron chi connectivity index (χ1n) is 9.21. The molecule has 0 aliphatic carbocycles. The fourth-order valence-corrected chi connectivity index (χ4v) is 3.62. The van der Waals surface area contributed by atoms with Crippen LogP contribution < -0.4 is 5.56 Å². The Bertz CT molecular complexity index is 1470. The summed E-state index contributed by atoms with van der Waals surface area (Å²) >= 11 is 6.10. The van der Waals surface area contributed by atoms with E-state index in [1.165, 1.54) is 25.1 Å². The molecule has 0 aliphatic heterocycles. The Hall–Kier alpha value is -3.77. The molecule has 1 N–H and O–H groups in total. The number of nitrogens with zero attached hydrogens (tertiary/aromatic N) is 3. The minimum Gasteiger partial charge on any atom is -0.440 e. The first-order valence-corrected chi connectivity index (χ1v) is 9.59. The highest BCUT2D eigenvalue weighted by molar-refractivity contribution is 6.48. The van der Waals surface area contributed by atoms with E-state index in [9.17, 15) is 18.0 Å². The molecule has 1 aromatic carbocycles. The summed E-state index contributed by atoms with van der Waals surface area (Å²) in [6.45, 7) is 3.10. The van der Waals surface area contributed by atoms with Crippen molar-refractivity contribution < 1.29 is 17.6 Å². The lowest BCUT2D eigenvalue weighted by atomic mass is 10.1. The molecule has 0 radical (unpaired) electrons. The molecule has 6 nitrogen and oxygen atoms in total. The van der Waals surface area contributed by atoms with Gasteiger partial charge in [-0.15, -0.1) is 6.42 Å². The number of hydrogen-bond donors (Lipinski definition) is 1. The van der Waals surface area contributed by atoms with Crippen molar-refractivity contribution in [3.05, 3.63) is 69.6 Å². The van der Waals surface area contributed by atoms with Crippen molar-refractivity contribution in [2.24, 2.45) is 0 Å². The first kappa shape index (κ1) is 21.5. The Morgan fingerprint density at radius 3 is 2.56 bits per heavy atom. The van der Waals surface area contributed by atoms with Crippen molar-refractivity contribution in [2.45, 2.75) is 20.0 Å². The average Bonchev–Trinajstić information content (AvgIpc) is 3.30. The van der Waals surface area contributed by atoms with Gasteiger partial charge in [-0.3, -0.25) is 4.79 Å². The van der Waals surface area contributed by atoms with Crippen molar-refractivity contribution in [3.8, 4) is 34.9 Å². The number of fused-ring (bicyclic) bond motifs is 1. The molecule has 0 unspecified atom stereocenters. The third-order valence-electron chi connectivity index (χ3n) is 4.75. The number of alkyl halides is 3. The van der Waals surface area contributed by atoms with Crippen LogP contribution in [0.15, 0.2) is 45.6 Å². The maximum atomic E-state index is 13.8. The number of oxazole rings is 1. The van der Waals surface area contributed by atoms with Crippen LogP contribution in [0.2, 0.25) is 0 Å². The first-order chi connectivity index (χ1) is 15.1. The predicted molar refractivity (Wildman–Crippen MR) is 114 cm³/mol. The number of rotatable bonds is 3. The number of hydrogen-bond acceptors (Lipinski definition) is 4. The fourth-order valence-electron chi connectivity index (χ4n) is 3.38. The molecule has 3 heterocycles. The highest BCUT2D eigenvalue weighted by Crippen LogP contribution is 2.38. The van der Waals surface area contributed by atoms with Crippen LogP contribution in [0.5, 0.6) is 0 Å². The Morgan fingerprint density at radius 2 is 1.94 bits per heavy atom. The molecular weight excluding hydrogens is 445 g/mol. The van der Waals surface area contributed by atoms with Crippen molar-refractivity contribution in [1.82, 2.24) is 19.6 Å². The van der Waals surface area contributed by atoms with Crippen LogP contribution in [0, 0.1) is 26.2 Å². The summed E-state index contributed by atoms with van der Waals surface area (Å²) in [5.41, 5.74) is -1.67. The zero-order chi connectivity index (χ0) is 23.2. The summed E-state index contributed by atoms with van der Waals surface area (Å²) in [6.07, 6.45) is 1.70. The van der Waals surface area contributed by atoms with Crippen molar-refractivity contribution in [3.63, 3.8) is 0 Å². The minimum atomic E-state index is -4.79. The average molecular weight is 459 g/mol. The van der Waals surface area contributed by atoms with E-state index in [1.807, 2.05) is 0 Å². The maximum Gasteiger partial charge on any atom is 0.435 e. The molecule has 4 rings (SSSR count). The lowest BCUT2D eigenvalue weighted by molar-refractivity contribution is -0.140. The molecule has 32 heavy (non-hydrogen) atoms. The van der Waals surface area contributed by atoms with Crippen LogP contribution in [-0.4, -0.2) is 19.6 Å². The second-order valence-corrected chi connectivity index (χ2v) is 7.27. The summed E-state index contributed by atoms with van der Waals surface area (Å²) in [4.78, 5) is 20.3. The van der Waals surface area contributed by atoms with E-state index in [2.05, 4.69) is 21.0 Å². The van der Waals surface area contributed by atoms with Gasteiger partial charge in [0.1, 0.15) is 22.7 Å². The Kier molecular flexibility index (Phi) is 5.18. The number of nitrogens with one attached hydrogen (secondary N) is 1. The van der Waals surface area contributed by atoms with Gasteiger partial charge in [0, 0.05) is 11.8 Å². The molecule has 10 heteroatoms. The molecule has 0 amide bonds. The van der Waals surface area contributed by atoms with E-state index in [1.54, 1.807) is 25.1 Å². The number of allylic oxidation sites excluding steroid dienone is 1. The number of H-pyrrole nitrogens is 1. The molecule has 0 atom stereocenters. The van der Waals surface area contributed by atoms with Crippen molar-refractivity contribution in [2.75, 3.05) is 0 Å². The molecule has 0 spiro atoms. The number of halogens is 4. The molecule has 3 aromatic heterocycles. The Morgan fingerprint density at radius 1 is 1.25 bits per heavy atom. The summed E-state index contributed by atoms with van der Waals surface area (Å²) in [5, 5.41) is 3.72. The van der Waals surface area contributed by atoms with Gasteiger partial charge in [0.15, 0.2) is 5.69 Å². The lowest BCUT2D eigenvalue weighted by Gasteiger charge is -2.07. The highest BCUT2D eigenvalue weighted by Gasteiger charge is 2.39. The van der Waals surface area contributed by atoms with Crippen molar-refractivity contribution >= 4 is 22.3 Å². The number of aryl methyl sites for hydroxylation is 2. The molecule has 4 aromatic rings. The molecule has 0 saturated carbocycles. The van der Waals surface area contributed by atoms with E-state index in [-0.39, 0.29) is 50.4 Å². The number of aromatic nitrogens is 4. The van der Waals surface area contributed by atoms with Gasteiger partial charge in [0.25, 0.3) is 5.56 Å². The summed E-state index contributed by atoms with van der Waals surface area (Å²) in [6, 6.07) is 7.90. The van der Waals surface area contributed by atoms with Gasteiger partial charge in [-0.1, -0.05) is 47.9 Å². The van der Waals surface area contributed by atoms with Gasteiger partial charge in [0.2, 0.25) is 5.89 Å². The number of benzene rings is 1. The summed E-state index contributed by atoms with van der Waals surface area (Å²) < 4.78 is 47.6. The third-order valence-corrected chi connectivity index (χ3v) is 5.04. The Balaban J connectivity index is 2.02. The van der Waals surface area contributed by atoms with Gasteiger partial charge in [-0.25, -0.2) is 4.98 Å². The molecular formula is C22H14ClF3N4O2. The monoisotopic (exact) mass is 458 g/mol. The minimum absolute atomic E-state index is 0.0761. The van der Waals surface area contributed by atoms with E-state index >= 15 is 0 Å². The van der Waals surface area contributed by atoms with Gasteiger partial charge < -0.3 is 9.40 Å². The number of aromatic amines is 1. The third kappa shape index (κ3) is 3.48. The fraction of sp³-hybridized carbons (Fsp3) is 0.136. The van der Waals surface area contributed by atoms with E-state index < -0.39 is 17.4 Å². The molecule has 0 aliphatic rings. The van der Waals surface area contributed by atoms with Crippen LogP contribution in [0.25, 0.3) is 33.3 Å². The lowest BCUT2D eigenvalue weighted by Crippen LogP contribution is -2.20. The molecule has 0 fully saturated rings. The molecule has 0 bridgehead atoms. The van der Waals surface area contributed by atoms with Crippen molar-refractivity contribution in [1.29, 1.82) is 0 Å². The standard InChI is InChI=1S/C22H14ClF3N4O2/c1-4-8-14(23)17-12(3)32-20(28-17)15-11(2)27-19-16(13-9-6-5-7-10-13)18(22(24,25)26)29-30(19)21(15)31/h1,5-10,27H,2-3H3/b14-8+. The number of terminal acetylenes is 1. The van der Waals surface area contributed by atoms with Gasteiger partial charge >= 0.3 is 6.18 Å². The van der Waals surface area contributed by atoms with E-state index in [4.69, 9.17) is 22.4 Å². The topological polar surface area (TPSA) is 76.2 Å². The summed E-state index contributed by atoms with van der Waals surface area (Å²) in [5.74, 6) is 2.43. The van der Waals surface area contributed by atoms with Crippen LogP contribution in [0.4, 0.5) is 13.2 Å². The van der Waals surface area contributed by atoms with E-state index in [0.29, 0.717) is 4.52 Å². The van der Waals surface area contributed by atoms with Gasteiger partial charge in [-0.05, 0) is 19.4 Å². The van der Waals surface area contributed by atoms with Crippen LogP contribution >= 0.6 is 11.6 Å². The van der Waals surface area contributed by atoms with Crippen LogP contribution in [0.3, 0.4) is 0 Å². The smallest absolute Gasteiger partial charge is 0.435 e. The van der Waals surface area contributed by atoms with E-state index in [0.717, 1.165) is 0 Å². The second-order valence-electron chi connectivity index (χ2n) is 6.86. The maximum absolute atomic E-state index is 13.8. The van der Waals surface area contributed by atoms with Gasteiger partial charge in [0.05, 0.1) is 10.6 Å². The van der Waals surface area contributed by atoms with Crippen LogP contribution in [-0.2, 0) is 6.18 Å². The second kappa shape index (κ2) is 7.73. The predicted octanol–water partition coefficient (Wildman–Crippen LogP) is 5.19. The van der Waals surface area contributed by atoms with Gasteiger partial charge in [-0.2, -0.15) is 22.8 Å². The highest BCUT2D eigenvalue weighted by atomic mass is 35.5. The molecule has 162 valence electrons. The largest absolute Gasteiger partial charge is 0.440 e. The van der Waals surface area contributed by atoms with Crippen LogP contribution in [0.1, 0.15) is 22.8 Å². The zero-order valence-electron chi connectivity index (χ0n) is 16.7. The summed E-state index contributed by atoms with van der Waals surface area (Å²) in [7, 11) is 0. The Labute approximate surface area is 184 Å².